The van der Waals surface area contributed by atoms with Gasteiger partial charge in [0.05, 0.1) is 43.3 Å². The zero-order chi connectivity index (χ0) is 99.6. The first kappa shape index (κ1) is 112. The molecule has 0 bridgehead atoms. The fraction of sp³-hybridized carbons (Fsp3) is 0.646. The van der Waals surface area contributed by atoms with E-state index in [-0.39, 0.29) is 33.5 Å². The van der Waals surface area contributed by atoms with Crippen molar-refractivity contribution >= 4 is 112 Å². The molecule has 6 aromatic heterocycles. The van der Waals surface area contributed by atoms with Gasteiger partial charge >= 0.3 is 0 Å². The third-order valence-corrected chi connectivity index (χ3v) is 38.3. The number of carbonyl (C=O) groups excluding carboxylic acids is 2. The predicted molar refractivity (Wildman–Crippen MR) is 623 cm³/mol. The number of fused-ring (bicyclic) bond motifs is 7. The van der Waals surface area contributed by atoms with Gasteiger partial charge in [0.25, 0.3) is 11.8 Å². The SMILES string of the molecule is CCCCCCCCCCCCN1C(=O)C2=C(c3ccc(C(C)(C)C)s3)N(CCCCCCCCCCCC)C(=O)C2=C1c1ccc(-c2ccc3c4ccc(C(C)(C)C(C)(C)c5cc(CCCCCC)c(-c6sc(-c7ccc8c9ccc(C(C)(C)C)cc9n(C(CCCCCCCC)CCCCCCCC)c8c7)cc6CCCCCC)s5)cc4n(C(CCCCCCCC)CCCCCCCC)c3c2)s1. The van der Waals surface area contributed by atoms with Crippen LogP contribution in [0, 0.1) is 0 Å². The zero-order valence-electron chi connectivity index (χ0n) is 92.2. The Morgan fingerprint density at radius 1 is 0.257 bits per heavy atom. The highest BCUT2D eigenvalue weighted by Crippen LogP contribution is 2.56. The molecule has 2 amide bonds. The van der Waals surface area contributed by atoms with Gasteiger partial charge in [-0.3, -0.25) is 9.59 Å². The average Bonchev–Trinajstić information content (AvgIpc) is 1.55. The highest BCUT2D eigenvalue weighted by Gasteiger charge is 2.50. The summed E-state index contributed by atoms with van der Waals surface area (Å²) in [6.45, 7) is 44.5. The van der Waals surface area contributed by atoms with Crippen molar-refractivity contribution in [1.29, 1.82) is 0 Å². The van der Waals surface area contributed by atoms with E-state index in [4.69, 9.17) is 0 Å². The van der Waals surface area contributed by atoms with Crippen molar-refractivity contribution in [3.63, 3.8) is 0 Å². The summed E-state index contributed by atoms with van der Waals surface area (Å²) in [5, 5.41) is 5.52. The molecule has 0 aliphatic carbocycles. The molecule has 4 aromatic carbocycles. The Kier molecular flexibility index (Phi) is 45.4. The van der Waals surface area contributed by atoms with Gasteiger partial charge in [-0.15, -0.1) is 45.3 Å². The molecule has 0 fully saturated rings. The Labute approximate surface area is 870 Å². The van der Waals surface area contributed by atoms with Gasteiger partial charge in [-0.2, -0.15) is 0 Å². The topological polar surface area (TPSA) is 50.5 Å². The van der Waals surface area contributed by atoms with E-state index >= 15 is 9.59 Å². The number of rotatable bonds is 70. The smallest absolute Gasteiger partial charge is 0.261 e. The van der Waals surface area contributed by atoms with Gasteiger partial charge in [-0.25, -0.2) is 0 Å². The van der Waals surface area contributed by atoms with E-state index in [2.05, 4.69) is 275 Å². The highest BCUT2D eigenvalue weighted by atomic mass is 32.1. The lowest BCUT2D eigenvalue weighted by Gasteiger charge is -2.42. The van der Waals surface area contributed by atoms with Crippen molar-refractivity contribution in [2.24, 2.45) is 0 Å². The number of carbonyl (C=O) groups is 2. The number of amides is 2. The molecule has 12 rings (SSSR count). The second-order valence-electron chi connectivity index (χ2n) is 46.6. The molecule has 0 unspecified atom stereocenters. The molecule has 0 spiro atoms. The number of hydrogen-bond acceptors (Lipinski definition) is 6. The number of thiophene rings is 4. The van der Waals surface area contributed by atoms with Crippen LogP contribution in [0.5, 0.6) is 0 Å². The van der Waals surface area contributed by atoms with E-state index in [1.54, 1.807) is 33.8 Å². The Morgan fingerprint density at radius 2 is 0.571 bits per heavy atom. The minimum Gasteiger partial charge on any atom is -0.337 e. The van der Waals surface area contributed by atoms with E-state index < -0.39 is 0 Å². The normalized spacial score (nSPS) is 13.7. The first-order chi connectivity index (χ1) is 67.9. The van der Waals surface area contributed by atoms with Gasteiger partial charge < -0.3 is 18.9 Å². The van der Waals surface area contributed by atoms with E-state index in [1.807, 2.05) is 0 Å². The van der Waals surface area contributed by atoms with E-state index in [0.717, 1.165) is 72.5 Å². The zero-order valence-corrected chi connectivity index (χ0v) is 95.5. The summed E-state index contributed by atoms with van der Waals surface area (Å²) in [7, 11) is 0. The maximum Gasteiger partial charge on any atom is 0.261 e. The Hall–Kier alpha value is -6.30. The lowest BCUT2D eigenvalue weighted by molar-refractivity contribution is -0.124. The Morgan fingerprint density at radius 3 is 0.957 bits per heavy atom. The molecule has 8 heterocycles. The standard InChI is InChI=1S/C130H194N4O2S4/c1-19-27-35-43-49-51-53-55-61-69-89-131-121(119-120(126(131)136)122(115-87-88-117(138-115)128(12,13)14)132(125(119)135)90-70-62-56-54-52-50-44-36-28-20-2)114-86-85-113(137-114)97-77-81-105-108-84-80-102(96-112(108)134(109(105)91-97)104(75-67-59-47-39-31-23-5)76-68-60-48-40-32-24-6)129(15,16)130(17,18)118-94-100(72-64-42-34-26-8)124(140-118)123-99(71-63-41-33-25-7)93-116(139-123)98-78-82-106-107-83-79-101(127(9,10)11)95-111(107)133(110(106)92-98)103(73-65-57-45-37-29-21-3)74-66-58-46-38-30-22-4/h77-88,91-96,103-104H,19-76,89-90H2,1-18H3. The highest BCUT2D eigenvalue weighted by molar-refractivity contribution is 7.24. The first-order valence-electron chi connectivity index (χ1n) is 58.7. The van der Waals surface area contributed by atoms with Crippen LogP contribution in [0.2, 0.25) is 0 Å². The summed E-state index contributed by atoms with van der Waals surface area (Å²) in [5.74, 6) is 0.0207. The van der Waals surface area contributed by atoms with E-state index in [9.17, 15) is 0 Å². The van der Waals surface area contributed by atoms with Gasteiger partial charge in [0.15, 0.2) is 0 Å². The summed E-state index contributed by atoms with van der Waals surface area (Å²) >= 11 is 7.84. The minimum atomic E-state index is -0.276. The van der Waals surface area contributed by atoms with Gasteiger partial charge in [0, 0.05) is 92.4 Å². The van der Waals surface area contributed by atoms with Gasteiger partial charge in [-0.05, 0) is 174 Å². The van der Waals surface area contributed by atoms with Crippen LogP contribution in [-0.2, 0) is 44.1 Å². The third-order valence-electron chi connectivity index (χ3n) is 32.7. The van der Waals surface area contributed by atoms with Crippen LogP contribution in [0.3, 0.4) is 0 Å². The van der Waals surface area contributed by atoms with Crippen LogP contribution >= 0.6 is 45.3 Å². The van der Waals surface area contributed by atoms with Crippen LogP contribution in [0.4, 0.5) is 0 Å². The molecular formula is C130H194N4O2S4. The molecule has 2 aliphatic heterocycles. The van der Waals surface area contributed by atoms with Crippen LogP contribution in [0.1, 0.15) is 538 Å². The largest absolute Gasteiger partial charge is 0.337 e. The molecule has 2 aliphatic rings. The van der Waals surface area contributed by atoms with Gasteiger partial charge in [0.2, 0.25) is 0 Å². The predicted octanol–water partition coefficient (Wildman–Crippen LogP) is 43.0. The van der Waals surface area contributed by atoms with Crippen molar-refractivity contribution in [2.45, 2.75) is 531 Å². The molecule has 10 heteroatoms. The fourth-order valence-electron chi connectivity index (χ4n) is 23.0. The van der Waals surface area contributed by atoms with Crippen molar-refractivity contribution in [3.05, 3.63) is 162 Å². The second-order valence-corrected chi connectivity index (χ2v) is 50.8. The summed E-state index contributed by atoms with van der Waals surface area (Å²) in [6.07, 6.45) is 72.9. The lowest BCUT2D eigenvalue weighted by Crippen LogP contribution is -2.39. The molecule has 770 valence electrons. The Bertz CT molecular complexity index is 5460. The lowest BCUT2D eigenvalue weighted by atomic mass is 9.63. The molecule has 0 radical (unpaired) electrons. The third kappa shape index (κ3) is 29.4. The van der Waals surface area contributed by atoms with Gasteiger partial charge in [-0.1, -0.05) is 481 Å². The molecule has 0 N–H and O–H groups in total. The molecule has 10 aromatic rings. The molecule has 140 heavy (non-hydrogen) atoms. The van der Waals surface area contributed by atoms with Crippen molar-refractivity contribution in [3.8, 4) is 30.6 Å². The fourth-order valence-corrected chi connectivity index (χ4v) is 28.1. The number of unbranched alkanes of at least 4 members (excludes halogenated alkanes) is 44. The summed E-state index contributed by atoms with van der Waals surface area (Å²) in [5.41, 5.74) is 16.6. The maximum absolute atomic E-state index is 16.0. The number of benzene rings is 4. The molecule has 0 atom stereocenters. The molecule has 0 saturated carbocycles. The Balaban J connectivity index is 0.953. The van der Waals surface area contributed by atoms with Crippen LogP contribution < -0.4 is 0 Å². The van der Waals surface area contributed by atoms with E-state index in [1.165, 1.54) is 416 Å². The molecule has 0 saturated heterocycles. The van der Waals surface area contributed by atoms with Crippen molar-refractivity contribution in [2.75, 3.05) is 13.1 Å². The maximum atomic E-state index is 16.0. The summed E-state index contributed by atoms with van der Waals surface area (Å²) in [4.78, 5) is 46.7. The van der Waals surface area contributed by atoms with Crippen LogP contribution in [0.25, 0.3) is 85.6 Å². The van der Waals surface area contributed by atoms with Crippen LogP contribution in [0.15, 0.2) is 120 Å². The first-order valence-corrected chi connectivity index (χ1v) is 61.9. The molecule has 6 nitrogen and oxygen atoms in total. The number of hydrogen-bond donors (Lipinski definition) is 0. The monoisotopic (exact) mass is 1970 g/mol. The number of aromatic nitrogens is 2. The number of nitrogens with zero attached hydrogens (tertiary/aromatic N) is 4. The van der Waals surface area contributed by atoms with Gasteiger partial charge in [0.1, 0.15) is 0 Å². The number of aryl methyl sites for hydroxylation is 2. The summed E-state index contributed by atoms with van der Waals surface area (Å²) in [6, 6.07) is 45.8. The second kappa shape index (κ2) is 56.6. The summed E-state index contributed by atoms with van der Waals surface area (Å²) < 4.78 is 5.80. The van der Waals surface area contributed by atoms with Crippen molar-refractivity contribution in [1.82, 2.24) is 18.9 Å². The molecular weight excluding hydrogens is 1780 g/mol. The van der Waals surface area contributed by atoms with E-state index in [0.29, 0.717) is 36.3 Å². The minimum absolute atomic E-state index is 0.0104. The average molecular weight is 1970 g/mol. The quantitative estimate of drug-likeness (QED) is 0.0357. The van der Waals surface area contributed by atoms with Crippen molar-refractivity contribution < 1.29 is 9.59 Å². The van der Waals surface area contributed by atoms with Crippen LogP contribution in [-0.4, -0.2) is 43.8 Å².